The lowest BCUT2D eigenvalue weighted by atomic mass is 10.1. The van der Waals surface area contributed by atoms with Crippen LogP contribution in [-0.4, -0.2) is 26.8 Å². The summed E-state index contributed by atoms with van der Waals surface area (Å²) in [5, 5.41) is 1.47. The Kier molecular flexibility index (Phi) is 5.27. The number of carbonyl (C=O) groups is 1. The predicted octanol–water partition coefficient (Wildman–Crippen LogP) is 3.14. The van der Waals surface area contributed by atoms with E-state index in [4.69, 9.17) is 4.74 Å². The molecule has 0 bridgehead atoms. The lowest BCUT2D eigenvalue weighted by Crippen LogP contribution is -2.44. The molecule has 0 saturated heterocycles. The SMILES string of the molecule is CC[C@@H](C(=O)OC)n1c(=O)c2ccccc2n(Cc2cn(C)c3cccc(C)c23)c1=O. The molecule has 0 saturated carbocycles. The Morgan fingerprint density at radius 3 is 2.48 bits per heavy atom. The van der Waals surface area contributed by atoms with Crippen molar-refractivity contribution < 1.29 is 9.53 Å². The van der Waals surface area contributed by atoms with Crippen molar-refractivity contribution in [3.05, 3.63) is 80.6 Å². The number of nitrogens with zero attached hydrogens (tertiary/aromatic N) is 3. The number of ether oxygens (including phenoxy) is 1. The maximum atomic E-state index is 13.6. The first kappa shape index (κ1) is 20.7. The lowest BCUT2D eigenvalue weighted by Gasteiger charge is -2.19. The number of hydrogen-bond acceptors (Lipinski definition) is 4. The highest BCUT2D eigenvalue weighted by Crippen LogP contribution is 2.25. The first-order valence-corrected chi connectivity index (χ1v) is 10.2. The van der Waals surface area contributed by atoms with Crippen LogP contribution in [0.3, 0.4) is 0 Å². The summed E-state index contributed by atoms with van der Waals surface area (Å²) in [6, 6.07) is 12.1. The Morgan fingerprint density at radius 1 is 1.06 bits per heavy atom. The number of methoxy groups -OCH3 is 1. The first-order valence-electron chi connectivity index (χ1n) is 10.2. The molecule has 0 amide bonds. The fourth-order valence-corrected chi connectivity index (χ4v) is 4.38. The molecule has 7 nitrogen and oxygen atoms in total. The minimum absolute atomic E-state index is 0.271. The smallest absolute Gasteiger partial charge is 0.332 e. The molecule has 2 aromatic heterocycles. The minimum Gasteiger partial charge on any atom is -0.467 e. The van der Waals surface area contributed by atoms with E-state index in [9.17, 15) is 14.4 Å². The molecule has 0 aliphatic heterocycles. The van der Waals surface area contributed by atoms with E-state index in [-0.39, 0.29) is 13.0 Å². The van der Waals surface area contributed by atoms with Gasteiger partial charge in [-0.15, -0.1) is 0 Å². The average molecular weight is 419 g/mol. The Morgan fingerprint density at radius 2 is 1.77 bits per heavy atom. The highest BCUT2D eigenvalue weighted by Gasteiger charge is 2.26. The summed E-state index contributed by atoms with van der Waals surface area (Å²) in [4.78, 5) is 39.1. The van der Waals surface area contributed by atoms with Gasteiger partial charge < -0.3 is 9.30 Å². The van der Waals surface area contributed by atoms with Crippen LogP contribution in [0, 0.1) is 6.92 Å². The van der Waals surface area contributed by atoms with E-state index in [1.54, 1.807) is 35.8 Å². The largest absolute Gasteiger partial charge is 0.467 e. The molecule has 1 atom stereocenters. The van der Waals surface area contributed by atoms with Crippen molar-refractivity contribution in [3.63, 3.8) is 0 Å². The van der Waals surface area contributed by atoms with E-state index in [1.165, 1.54) is 7.11 Å². The number of benzene rings is 2. The average Bonchev–Trinajstić information content (AvgIpc) is 3.10. The lowest BCUT2D eigenvalue weighted by molar-refractivity contribution is -0.144. The maximum Gasteiger partial charge on any atom is 0.332 e. The van der Waals surface area contributed by atoms with Gasteiger partial charge in [0.2, 0.25) is 0 Å². The van der Waals surface area contributed by atoms with E-state index in [1.807, 2.05) is 42.9 Å². The van der Waals surface area contributed by atoms with Gasteiger partial charge in [-0.3, -0.25) is 9.36 Å². The molecule has 0 aliphatic carbocycles. The Balaban J connectivity index is 2.03. The third-order valence-corrected chi connectivity index (χ3v) is 5.88. The summed E-state index contributed by atoms with van der Waals surface area (Å²) >= 11 is 0. The molecule has 2 heterocycles. The van der Waals surface area contributed by atoms with Gasteiger partial charge in [-0.05, 0) is 42.7 Å². The summed E-state index contributed by atoms with van der Waals surface area (Å²) in [5.41, 5.74) is 2.69. The van der Waals surface area contributed by atoms with Gasteiger partial charge in [-0.2, -0.15) is 0 Å². The molecule has 4 rings (SSSR count). The highest BCUT2D eigenvalue weighted by atomic mass is 16.5. The zero-order valence-corrected chi connectivity index (χ0v) is 18.1. The van der Waals surface area contributed by atoms with Crippen LogP contribution in [0.15, 0.2) is 58.3 Å². The van der Waals surface area contributed by atoms with Crippen LogP contribution in [0.2, 0.25) is 0 Å². The second-order valence-corrected chi connectivity index (χ2v) is 7.74. The van der Waals surface area contributed by atoms with Crippen LogP contribution >= 0.6 is 0 Å². The number of hydrogen-bond donors (Lipinski definition) is 0. The number of rotatable bonds is 5. The van der Waals surface area contributed by atoms with Gasteiger partial charge >= 0.3 is 11.7 Å². The standard InChI is InChI=1S/C24H25N3O4/c1-5-18(23(29)31-4)27-22(28)17-10-6-7-11-19(17)26(24(27)30)14-16-13-25(3)20-12-8-9-15(2)21(16)20/h6-13,18H,5,14H2,1-4H3/t18-/m0/s1. The molecule has 0 N–H and O–H groups in total. The van der Waals surface area contributed by atoms with Crippen molar-refractivity contribution in [3.8, 4) is 0 Å². The number of carbonyl (C=O) groups excluding carboxylic acids is 1. The summed E-state index contributed by atoms with van der Waals surface area (Å²) in [6.07, 6.45) is 2.28. The van der Waals surface area contributed by atoms with Crippen molar-refractivity contribution in [1.82, 2.24) is 13.7 Å². The number of aryl methyl sites for hydroxylation is 2. The fourth-order valence-electron chi connectivity index (χ4n) is 4.38. The van der Waals surface area contributed by atoms with Crippen LogP contribution in [0.1, 0.15) is 30.5 Å². The van der Waals surface area contributed by atoms with Crippen LogP contribution in [0.4, 0.5) is 0 Å². The number of aromatic nitrogens is 3. The number of para-hydroxylation sites is 1. The quantitative estimate of drug-likeness (QED) is 0.466. The van der Waals surface area contributed by atoms with Gasteiger partial charge in [0.15, 0.2) is 0 Å². The molecule has 160 valence electrons. The van der Waals surface area contributed by atoms with Gasteiger partial charge in [0.25, 0.3) is 5.56 Å². The second kappa shape index (κ2) is 7.91. The number of fused-ring (bicyclic) bond motifs is 2. The molecule has 31 heavy (non-hydrogen) atoms. The predicted molar refractivity (Wildman–Crippen MR) is 121 cm³/mol. The summed E-state index contributed by atoms with van der Waals surface area (Å²) in [7, 11) is 3.23. The second-order valence-electron chi connectivity index (χ2n) is 7.74. The van der Waals surface area contributed by atoms with Crippen molar-refractivity contribution in [1.29, 1.82) is 0 Å². The van der Waals surface area contributed by atoms with Crippen LogP contribution in [-0.2, 0) is 23.1 Å². The molecule has 0 aliphatic rings. The third kappa shape index (κ3) is 3.26. The monoisotopic (exact) mass is 419 g/mol. The van der Waals surface area contributed by atoms with Crippen LogP contribution in [0.25, 0.3) is 21.8 Å². The van der Waals surface area contributed by atoms with Gasteiger partial charge in [-0.1, -0.05) is 31.2 Å². The Bertz CT molecular complexity index is 1420. The normalized spacial score (nSPS) is 12.4. The summed E-state index contributed by atoms with van der Waals surface area (Å²) < 4.78 is 9.50. The van der Waals surface area contributed by atoms with E-state index < -0.39 is 23.3 Å². The van der Waals surface area contributed by atoms with Crippen molar-refractivity contribution >= 4 is 27.8 Å². The molecule has 0 unspecified atom stereocenters. The van der Waals surface area contributed by atoms with E-state index in [0.29, 0.717) is 10.9 Å². The first-order chi connectivity index (χ1) is 14.9. The Labute approximate surface area is 179 Å². The molecule has 2 aromatic carbocycles. The highest BCUT2D eigenvalue weighted by molar-refractivity contribution is 5.87. The molecule has 0 spiro atoms. The van der Waals surface area contributed by atoms with E-state index in [2.05, 4.69) is 0 Å². The third-order valence-electron chi connectivity index (χ3n) is 5.88. The molecular weight excluding hydrogens is 394 g/mol. The van der Waals surface area contributed by atoms with E-state index in [0.717, 1.165) is 26.6 Å². The summed E-state index contributed by atoms with van der Waals surface area (Å²) in [5.74, 6) is -0.607. The molecule has 7 heteroatoms. The molecular formula is C24H25N3O4. The fraction of sp³-hybridized carbons (Fsp3) is 0.292. The molecule has 0 fully saturated rings. The molecule has 0 radical (unpaired) electrons. The van der Waals surface area contributed by atoms with Crippen LogP contribution in [0.5, 0.6) is 0 Å². The van der Waals surface area contributed by atoms with E-state index >= 15 is 0 Å². The Hall–Kier alpha value is -3.61. The zero-order chi connectivity index (χ0) is 22.3. The zero-order valence-electron chi connectivity index (χ0n) is 18.1. The minimum atomic E-state index is -0.977. The summed E-state index contributed by atoms with van der Waals surface area (Å²) in [6.45, 7) is 4.07. The van der Waals surface area contributed by atoms with Crippen molar-refractivity contribution in [2.24, 2.45) is 7.05 Å². The topological polar surface area (TPSA) is 75.2 Å². The van der Waals surface area contributed by atoms with Crippen molar-refractivity contribution in [2.75, 3.05) is 7.11 Å². The van der Waals surface area contributed by atoms with Gasteiger partial charge in [0.05, 0.1) is 24.6 Å². The maximum absolute atomic E-state index is 13.6. The number of esters is 1. The van der Waals surface area contributed by atoms with Gasteiger partial charge in [0.1, 0.15) is 6.04 Å². The van der Waals surface area contributed by atoms with Crippen molar-refractivity contribution in [2.45, 2.75) is 32.9 Å². The van der Waals surface area contributed by atoms with Gasteiger partial charge in [-0.25, -0.2) is 14.2 Å². The molecule has 4 aromatic rings. The van der Waals surface area contributed by atoms with Crippen LogP contribution < -0.4 is 11.2 Å². The van der Waals surface area contributed by atoms with Gasteiger partial charge in [0, 0.05) is 24.1 Å².